The van der Waals surface area contributed by atoms with E-state index in [4.69, 9.17) is 4.42 Å². The van der Waals surface area contributed by atoms with Crippen LogP contribution < -0.4 is 15.4 Å². The summed E-state index contributed by atoms with van der Waals surface area (Å²) < 4.78 is 30.7. The van der Waals surface area contributed by atoms with Crippen molar-refractivity contribution in [3.63, 3.8) is 0 Å². The topological polar surface area (TPSA) is 109 Å². The Balaban J connectivity index is 2.41. The number of anilines is 1. The van der Waals surface area contributed by atoms with Gasteiger partial charge in [-0.05, 0) is 19.9 Å². The maximum atomic E-state index is 11.4. The van der Waals surface area contributed by atoms with Gasteiger partial charge in [0.1, 0.15) is 0 Å². The maximum Gasteiger partial charge on any atom is 0.315 e. The number of nitrogens with zero attached hydrogens (tertiary/aromatic N) is 2. The number of rotatable bonds is 10. The van der Waals surface area contributed by atoms with Crippen LogP contribution in [0.3, 0.4) is 0 Å². The van der Waals surface area contributed by atoms with Crippen LogP contribution >= 0.6 is 0 Å². The van der Waals surface area contributed by atoms with Crippen LogP contribution in [0, 0.1) is 0 Å². The molecule has 3 N–H and O–H groups in total. The van der Waals surface area contributed by atoms with E-state index in [0.717, 1.165) is 13.0 Å². The molecule has 0 fully saturated rings. The Bertz CT molecular complexity index is 488. The molecule has 1 aromatic rings. The summed E-state index contributed by atoms with van der Waals surface area (Å²) in [5, 5.41) is 13.8. The SMILES string of the molecule is CCCNC(C)c1nnc(NCCS(=O)(=O)NCC)o1. The van der Waals surface area contributed by atoms with Gasteiger partial charge in [0.25, 0.3) is 0 Å². The van der Waals surface area contributed by atoms with E-state index in [2.05, 4.69) is 32.5 Å². The Morgan fingerprint density at radius 2 is 2.00 bits per heavy atom. The molecule has 9 heteroatoms. The Labute approximate surface area is 119 Å². The third kappa shape index (κ3) is 5.85. The van der Waals surface area contributed by atoms with Crippen molar-refractivity contribution >= 4 is 16.0 Å². The molecule has 0 aromatic carbocycles. The third-order valence-corrected chi connectivity index (χ3v) is 3.99. The molecule has 0 saturated heterocycles. The number of hydrogen-bond acceptors (Lipinski definition) is 7. The van der Waals surface area contributed by atoms with Crippen LogP contribution in [0.4, 0.5) is 6.01 Å². The highest BCUT2D eigenvalue weighted by Crippen LogP contribution is 2.13. The van der Waals surface area contributed by atoms with Crippen molar-refractivity contribution in [1.29, 1.82) is 0 Å². The van der Waals surface area contributed by atoms with Gasteiger partial charge in [-0.25, -0.2) is 13.1 Å². The summed E-state index contributed by atoms with van der Waals surface area (Å²) in [6, 6.07) is 0.209. The Kier molecular flexibility index (Phi) is 6.89. The molecule has 1 rings (SSSR count). The number of aromatic nitrogens is 2. The number of hydrogen-bond donors (Lipinski definition) is 3. The average Bonchev–Trinajstić information content (AvgIpc) is 2.84. The second kappa shape index (κ2) is 8.18. The first-order chi connectivity index (χ1) is 9.48. The Morgan fingerprint density at radius 1 is 1.25 bits per heavy atom. The van der Waals surface area contributed by atoms with E-state index in [1.165, 1.54) is 0 Å². The van der Waals surface area contributed by atoms with Gasteiger partial charge in [-0.15, -0.1) is 5.10 Å². The van der Waals surface area contributed by atoms with Gasteiger partial charge in [-0.1, -0.05) is 18.9 Å². The minimum Gasteiger partial charge on any atom is -0.406 e. The lowest BCUT2D eigenvalue weighted by atomic mass is 10.3. The van der Waals surface area contributed by atoms with Crippen molar-refractivity contribution in [3.05, 3.63) is 5.89 Å². The van der Waals surface area contributed by atoms with E-state index in [-0.39, 0.29) is 24.4 Å². The van der Waals surface area contributed by atoms with Crippen molar-refractivity contribution in [3.8, 4) is 0 Å². The quantitative estimate of drug-likeness (QED) is 0.577. The van der Waals surface area contributed by atoms with Crippen LogP contribution in [0.15, 0.2) is 4.42 Å². The molecule has 0 saturated carbocycles. The van der Waals surface area contributed by atoms with Crippen molar-refractivity contribution in [2.45, 2.75) is 33.2 Å². The minimum absolute atomic E-state index is 0.0245. The second-order valence-electron chi connectivity index (χ2n) is 4.36. The monoisotopic (exact) mass is 305 g/mol. The van der Waals surface area contributed by atoms with Gasteiger partial charge in [-0.2, -0.15) is 0 Å². The van der Waals surface area contributed by atoms with E-state index >= 15 is 0 Å². The smallest absolute Gasteiger partial charge is 0.315 e. The molecule has 0 aliphatic rings. The van der Waals surface area contributed by atoms with E-state index in [9.17, 15) is 8.42 Å². The Hall–Kier alpha value is -1.19. The van der Waals surface area contributed by atoms with Gasteiger partial charge in [0.2, 0.25) is 15.9 Å². The summed E-state index contributed by atoms with van der Waals surface area (Å²) in [5.74, 6) is 0.442. The van der Waals surface area contributed by atoms with Crippen molar-refractivity contribution in [2.75, 3.05) is 30.7 Å². The molecule has 1 aromatic heterocycles. The molecule has 0 amide bonds. The molecule has 116 valence electrons. The first-order valence-corrected chi connectivity index (χ1v) is 8.41. The second-order valence-corrected chi connectivity index (χ2v) is 6.29. The molecular weight excluding hydrogens is 282 g/mol. The van der Waals surface area contributed by atoms with Crippen LogP contribution in [0.1, 0.15) is 39.1 Å². The minimum atomic E-state index is -3.24. The predicted octanol–water partition coefficient (Wildman–Crippen LogP) is 0.481. The maximum absolute atomic E-state index is 11.4. The van der Waals surface area contributed by atoms with Crippen LogP contribution in [0.25, 0.3) is 0 Å². The molecule has 0 aliphatic carbocycles. The van der Waals surface area contributed by atoms with Crippen LogP contribution in [-0.4, -0.2) is 44.0 Å². The summed E-state index contributed by atoms with van der Waals surface area (Å²) in [4.78, 5) is 0. The van der Waals surface area contributed by atoms with E-state index in [1.54, 1.807) is 6.92 Å². The molecule has 0 radical (unpaired) electrons. The lowest BCUT2D eigenvalue weighted by molar-refractivity contribution is 0.423. The highest BCUT2D eigenvalue weighted by Gasteiger charge is 2.13. The lowest BCUT2D eigenvalue weighted by Gasteiger charge is -2.07. The van der Waals surface area contributed by atoms with Gasteiger partial charge in [-0.3, -0.25) is 0 Å². The van der Waals surface area contributed by atoms with Crippen LogP contribution in [0.2, 0.25) is 0 Å². The summed E-state index contributed by atoms with van der Waals surface area (Å²) in [7, 11) is -3.24. The molecule has 0 aliphatic heterocycles. The number of sulfonamides is 1. The fourth-order valence-corrected chi connectivity index (χ4v) is 2.47. The van der Waals surface area contributed by atoms with Crippen LogP contribution in [0.5, 0.6) is 0 Å². The molecule has 20 heavy (non-hydrogen) atoms. The average molecular weight is 305 g/mol. The van der Waals surface area contributed by atoms with Crippen molar-refractivity contribution < 1.29 is 12.8 Å². The fourth-order valence-electron chi connectivity index (χ4n) is 1.51. The summed E-state index contributed by atoms with van der Waals surface area (Å²) in [5.41, 5.74) is 0. The fraction of sp³-hybridized carbons (Fsp3) is 0.818. The third-order valence-electron chi connectivity index (χ3n) is 2.52. The molecule has 1 atom stereocenters. The molecule has 0 bridgehead atoms. The van der Waals surface area contributed by atoms with Crippen molar-refractivity contribution in [1.82, 2.24) is 20.2 Å². The largest absolute Gasteiger partial charge is 0.406 e. The molecular formula is C11H23N5O3S. The van der Waals surface area contributed by atoms with E-state index in [0.29, 0.717) is 12.4 Å². The zero-order valence-corrected chi connectivity index (χ0v) is 13.0. The summed E-state index contributed by atoms with van der Waals surface area (Å²) in [6.07, 6.45) is 1.02. The Morgan fingerprint density at radius 3 is 2.65 bits per heavy atom. The van der Waals surface area contributed by atoms with Gasteiger partial charge in [0.05, 0.1) is 11.8 Å². The van der Waals surface area contributed by atoms with Gasteiger partial charge >= 0.3 is 6.01 Å². The first kappa shape index (κ1) is 16.9. The first-order valence-electron chi connectivity index (χ1n) is 6.76. The van der Waals surface area contributed by atoms with Gasteiger partial charge in [0, 0.05) is 13.1 Å². The van der Waals surface area contributed by atoms with Crippen LogP contribution in [-0.2, 0) is 10.0 Å². The summed E-state index contributed by atoms with van der Waals surface area (Å²) in [6.45, 7) is 7.21. The zero-order chi connectivity index (χ0) is 15.0. The van der Waals surface area contributed by atoms with Gasteiger partial charge in [0.15, 0.2) is 0 Å². The van der Waals surface area contributed by atoms with Gasteiger partial charge < -0.3 is 15.1 Å². The molecule has 1 unspecified atom stereocenters. The molecule has 8 nitrogen and oxygen atoms in total. The summed E-state index contributed by atoms with van der Waals surface area (Å²) >= 11 is 0. The van der Waals surface area contributed by atoms with E-state index in [1.807, 2.05) is 6.92 Å². The molecule has 0 spiro atoms. The predicted molar refractivity (Wildman–Crippen MR) is 77.0 cm³/mol. The standard InChI is InChI=1S/C11H23N5O3S/c1-4-6-12-9(3)10-15-16-11(19-10)13-7-8-20(17,18)14-5-2/h9,12,14H,4-8H2,1-3H3,(H,13,16). The van der Waals surface area contributed by atoms with Crippen molar-refractivity contribution in [2.24, 2.45) is 0 Å². The highest BCUT2D eigenvalue weighted by molar-refractivity contribution is 7.89. The lowest BCUT2D eigenvalue weighted by Crippen LogP contribution is -2.29. The zero-order valence-electron chi connectivity index (χ0n) is 12.1. The molecule has 1 heterocycles. The normalized spacial score (nSPS) is 13.3. The highest BCUT2D eigenvalue weighted by atomic mass is 32.2. The number of nitrogens with one attached hydrogen (secondary N) is 3. The van der Waals surface area contributed by atoms with E-state index < -0.39 is 10.0 Å².